The van der Waals surface area contributed by atoms with Crippen LogP contribution >= 0.6 is 11.9 Å². The van der Waals surface area contributed by atoms with Crippen molar-refractivity contribution in [3.8, 4) is 11.3 Å². The first-order chi connectivity index (χ1) is 19.5. The highest BCUT2D eigenvalue weighted by Gasteiger charge is 2.11. The molecule has 1 aromatic heterocycles. The van der Waals surface area contributed by atoms with Crippen molar-refractivity contribution < 1.29 is 9.53 Å². The molecule has 0 saturated carbocycles. The Balaban J connectivity index is 0.000000212. The third kappa shape index (κ3) is 8.05. The van der Waals surface area contributed by atoms with E-state index in [0.717, 1.165) is 48.6 Å². The fraction of sp³-hybridized carbons (Fsp3) is 0.212. The molecule has 0 aliphatic carbocycles. The number of hydrogen-bond donors (Lipinski definition) is 2. The lowest BCUT2D eigenvalue weighted by atomic mass is 10.1. The molecule has 0 unspecified atom stereocenters. The Morgan fingerprint density at radius 2 is 1.75 bits per heavy atom. The molecule has 5 rings (SSSR count). The number of rotatable bonds is 10. The number of ether oxygens (including phenoxy) is 1. The maximum atomic E-state index is 11.5. The minimum absolute atomic E-state index is 0.615. The van der Waals surface area contributed by atoms with Gasteiger partial charge in [0.25, 0.3) is 0 Å². The van der Waals surface area contributed by atoms with E-state index in [-0.39, 0.29) is 0 Å². The van der Waals surface area contributed by atoms with Crippen molar-refractivity contribution in [1.82, 2.24) is 14.5 Å². The van der Waals surface area contributed by atoms with E-state index >= 15 is 0 Å². The second kappa shape index (κ2) is 14.5. The van der Waals surface area contributed by atoms with Crippen LogP contribution in [0.1, 0.15) is 34.0 Å². The molecule has 0 fully saturated rings. The molecule has 0 amide bonds. The van der Waals surface area contributed by atoms with Gasteiger partial charge in [-0.05, 0) is 72.8 Å². The first kappa shape index (κ1) is 29.1. The van der Waals surface area contributed by atoms with Crippen LogP contribution in [0.2, 0.25) is 0 Å². The minimum Gasteiger partial charge on any atom is -0.399 e. The lowest BCUT2D eigenvalue weighted by Gasteiger charge is -2.07. The molecule has 40 heavy (non-hydrogen) atoms. The molecule has 0 radical (unpaired) electrons. The summed E-state index contributed by atoms with van der Waals surface area (Å²) in [6, 6.07) is 28.7. The topological polar surface area (TPSA) is 82.2 Å². The Morgan fingerprint density at radius 3 is 2.50 bits per heavy atom. The molecule has 4 aromatic carbocycles. The van der Waals surface area contributed by atoms with Crippen molar-refractivity contribution in [2.75, 3.05) is 25.5 Å². The summed E-state index contributed by atoms with van der Waals surface area (Å²) in [6.45, 7) is 9.10. The maximum Gasteiger partial charge on any atom is 0.153 e. The van der Waals surface area contributed by atoms with Gasteiger partial charge in [-0.15, -0.1) is 0 Å². The summed E-state index contributed by atoms with van der Waals surface area (Å²) in [4.78, 5) is 12.6. The number of nitrogen functional groups attached to an aromatic ring is 1. The highest BCUT2D eigenvalue weighted by atomic mass is 32.2. The molecule has 0 aliphatic heterocycles. The monoisotopic (exact) mass is 552 g/mol. The van der Waals surface area contributed by atoms with Gasteiger partial charge in [-0.25, -0.2) is 0 Å². The molecule has 0 atom stereocenters. The summed E-state index contributed by atoms with van der Waals surface area (Å²) in [5.74, 6) is 0. The summed E-state index contributed by atoms with van der Waals surface area (Å²) in [6.07, 6.45) is 2.69. The van der Waals surface area contributed by atoms with Gasteiger partial charge in [0, 0.05) is 35.5 Å². The fourth-order valence-corrected chi connectivity index (χ4v) is 4.94. The number of anilines is 1. The zero-order valence-electron chi connectivity index (χ0n) is 23.3. The van der Waals surface area contributed by atoms with Crippen molar-refractivity contribution in [2.45, 2.75) is 32.2 Å². The maximum absolute atomic E-state index is 11.5. The van der Waals surface area contributed by atoms with Crippen LogP contribution in [0.25, 0.3) is 22.0 Å². The van der Waals surface area contributed by atoms with E-state index < -0.39 is 0 Å². The van der Waals surface area contributed by atoms with Crippen LogP contribution in [0, 0.1) is 13.8 Å². The normalized spacial score (nSPS) is 10.8. The van der Waals surface area contributed by atoms with Gasteiger partial charge < -0.3 is 10.5 Å². The van der Waals surface area contributed by atoms with Crippen molar-refractivity contribution in [1.29, 1.82) is 0 Å². The minimum atomic E-state index is 0.615. The van der Waals surface area contributed by atoms with Gasteiger partial charge in [0.15, 0.2) is 6.29 Å². The Hall–Kier alpha value is -3.91. The van der Waals surface area contributed by atoms with Crippen LogP contribution in [0.3, 0.4) is 0 Å². The molecule has 5 aromatic rings. The molecule has 1 heterocycles. The van der Waals surface area contributed by atoms with Crippen molar-refractivity contribution in [3.63, 3.8) is 0 Å². The van der Waals surface area contributed by atoms with Gasteiger partial charge in [-0.1, -0.05) is 72.3 Å². The molecule has 0 bridgehead atoms. The molecule has 7 heteroatoms. The number of nitrogens with two attached hydrogens (primary N) is 1. The van der Waals surface area contributed by atoms with E-state index in [9.17, 15) is 4.79 Å². The standard InChI is InChI=1S/C22H18N2O.C11H18N2OS/c1-16-6-9-19(10-7-16)22-21(15-25)14-24(23-22)13-17-8-11-18-4-2-3-5-20(18)12-17;1-3-14-7-6-13-15-11-8-10(12)5-4-9(11)2/h2-12,14-15H,13H2,1H3;4-5,8,13H,3,6-7,12H2,1-2H3. The van der Waals surface area contributed by atoms with E-state index in [4.69, 9.17) is 10.5 Å². The molecular formula is C33H36N4O2S. The van der Waals surface area contributed by atoms with E-state index in [2.05, 4.69) is 47.1 Å². The zero-order chi connectivity index (χ0) is 28.3. The Kier molecular flexibility index (Phi) is 10.5. The number of benzene rings is 4. The number of aryl methyl sites for hydroxylation is 2. The van der Waals surface area contributed by atoms with Crippen molar-refractivity contribution in [3.05, 3.63) is 113 Å². The van der Waals surface area contributed by atoms with Gasteiger partial charge in [-0.2, -0.15) is 5.10 Å². The third-order valence-electron chi connectivity index (χ3n) is 6.35. The predicted octanol–water partition coefficient (Wildman–Crippen LogP) is 7.08. The second-order valence-corrected chi connectivity index (χ2v) is 10.4. The highest BCUT2D eigenvalue weighted by molar-refractivity contribution is 7.97. The number of fused-ring (bicyclic) bond motifs is 1. The average molecular weight is 553 g/mol. The van der Waals surface area contributed by atoms with E-state index in [1.165, 1.54) is 26.8 Å². The summed E-state index contributed by atoms with van der Waals surface area (Å²) in [5, 5.41) is 7.07. The smallest absolute Gasteiger partial charge is 0.153 e. The summed E-state index contributed by atoms with van der Waals surface area (Å²) >= 11 is 1.60. The van der Waals surface area contributed by atoms with Gasteiger partial charge in [-0.3, -0.25) is 14.2 Å². The van der Waals surface area contributed by atoms with Crippen molar-refractivity contribution >= 4 is 34.7 Å². The lowest BCUT2D eigenvalue weighted by molar-refractivity contribution is 0.112. The summed E-state index contributed by atoms with van der Waals surface area (Å²) < 4.78 is 10.3. The average Bonchev–Trinajstić information content (AvgIpc) is 3.38. The first-order valence-electron chi connectivity index (χ1n) is 13.4. The molecule has 0 aliphatic rings. The van der Waals surface area contributed by atoms with Gasteiger partial charge in [0.2, 0.25) is 0 Å². The fourth-order valence-electron chi connectivity index (χ4n) is 4.18. The molecule has 0 spiro atoms. The Labute approximate surface area is 240 Å². The lowest BCUT2D eigenvalue weighted by Crippen LogP contribution is -2.12. The number of nitrogens with one attached hydrogen (secondary N) is 1. The Morgan fingerprint density at radius 1 is 0.975 bits per heavy atom. The predicted molar refractivity (Wildman–Crippen MR) is 167 cm³/mol. The number of aldehydes is 1. The van der Waals surface area contributed by atoms with E-state index in [0.29, 0.717) is 12.1 Å². The van der Waals surface area contributed by atoms with Gasteiger partial charge in [0.1, 0.15) is 5.69 Å². The molecule has 0 saturated heterocycles. The van der Waals surface area contributed by atoms with Crippen LogP contribution in [-0.4, -0.2) is 35.8 Å². The summed E-state index contributed by atoms with van der Waals surface area (Å²) in [5.41, 5.74) is 12.4. The molecule has 206 valence electrons. The highest BCUT2D eigenvalue weighted by Crippen LogP contribution is 2.23. The quantitative estimate of drug-likeness (QED) is 0.0834. The van der Waals surface area contributed by atoms with E-state index in [1.54, 1.807) is 11.9 Å². The van der Waals surface area contributed by atoms with Crippen LogP contribution in [-0.2, 0) is 11.3 Å². The van der Waals surface area contributed by atoms with Crippen LogP contribution in [0.15, 0.2) is 96.0 Å². The number of nitrogens with zero attached hydrogens (tertiary/aromatic N) is 2. The molecular weight excluding hydrogens is 516 g/mol. The van der Waals surface area contributed by atoms with Crippen LogP contribution < -0.4 is 10.5 Å². The van der Waals surface area contributed by atoms with Gasteiger partial charge in [0.05, 0.1) is 18.7 Å². The van der Waals surface area contributed by atoms with E-state index in [1.807, 2.05) is 79.3 Å². The SMILES string of the molecule is CCOCCNSc1cc(N)ccc1C.Cc1ccc(-c2nn(Cc3ccc4ccccc4c3)cc2C=O)cc1. The van der Waals surface area contributed by atoms with Crippen molar-refractivity contribution in [2.24, 2.45) is 0 Å². The number of aromatic nitrogens is 2. The van der Waals surface area contributed by atoms with Gasteiger partial charge >= 0.3 is 0 Å². The molecule has 6 nitrogen and oxygen atoms in total. The Bertz CT molecular complexity index is 1550. The van der Waals surface area contributed by atoms with Crippen LogP contribution in [0.5, 0.6) is 0 Å². The summed E-state index contributed by atoms with van der Waals surface area (Å²) in [7, 11) is 0. The molecule has 3 N–H and O–H groups in total. The number of carbonyl (C=O) groups excluding carboxylic acids is 1. The van der Waals surface area contributed by atoms with Crippen LogP contribution in [0.4, 0.5) is 5.69 Å². The first-order valence-corrected chi connectivity index (χ1v) is 14.2. The second-order valence-electron chi connectivity index (χ2n) is 9.51. The largest absolute Gasteiger partial charge is 0.399 e. The third-order valence-corrected chi connectivity index (χ3v) is 7.36. The number of hydrogen-bond acceptors (Lipinski definition) is 6. The zero-order valence-corrected chi connectivity index (χ0v) is 24.1. The number of carbonyl (C=O) groups is 1.